The van der Waals surface area contributed by atoms with Crippen LogP contribution in [0, 0.1) is 0 Å². The molecule has 0 aliphatic carbocycles. The lowest BCUT2D eigenvalue weighted by atomic mass is 9.92. The fraction of sp³-hybridized carbons (Fsp3) is 0.435. The number of ether oxygens (including phenoxy) is 3. The zero-order valence-corrected chi connectivity index (χ0v) is 16.6. The third-order valence-electron chi connectivity index (χ3n) is 4.91. The van der Waals surface area contributed by atoms with Gasteiger partial charge in [0.2, 0.25) is 0 Å². The molecule has 0 amide bonds. The van der Waals surface area contributed by atoms with Crippen LogP contribution < -0.4 is 14.2 Å². The molecule has 0 N–H and O–H groups in total. The van der Waals surface area contributed by atoms with E-state index in [1.54, 1.807) is 14.2 Å². The van der Waals surface area contributed by atoms with E-state index in [1.165, 1.54) is 24.8 Å². The minimum atomic E-state index is 0.734. The molecule has 1 heterocycles. The normalized spacial score (nSPS) is 12.9. The molecule has 2 aromatic carbocycles. The summed E-state index contributed by atoms with van der Waals surface area (Å²) in [7, 11) is 3.33. The average Bonchev–Trinajstić information content (AvgIpc) is 2.72. The van der Waals surface area contributed by atoms with Gasteiger partial charge in [0.15, 0.2) is 11.5 Å². The summed E-state index contributed by atoms with van der Waals surface area (Å²) in [6, 6.07) is 12.3. The maximum Gasteiger partial charge on any atom is 0.161 e. The molecule has 0 saturated carbocycles. The maximum absolute atomic E-state index is 5.85. The lowest BCUT2D eigenvalue weighted by Crippen LogP contribution is -2.14. The van der Waals surface area contributed by atoms with Gasteiger partial charge in [0.1, 0.15) is 5.75 Å². The molecule has 0 spiro atoms. The first-order valence-electron chi connectivity index (χ1n) is 9.79. The van der Waals surface area contributed by atoms with Gasteiger partial charge >= 0.3 is 0 Å². The van der Waals surface area contributed by atoms with Gasteiger partial charge in [-0.3, -0.25) is 4.99 Å². The van der Waals surface area contributed by atoms with Gasteiger partial charge in [0.25, 0.3) is 0 Å². The summed E-state index contributed by atoms with van der Waals surface area (Å²) in [6.45, 7) is 3.78. The van der Waals surface area contributed by atoms with Crippen LogP contribution in [0.2, 0.25) is 0 Å². The molecule has 0 bridgehead atoms. The van der Waals surface area contributed by atoms with Crippen LogP contribution in [0.5, 0.6) is 17.2 Å². The van der Waals surface area contributed by atoms with Gasteiger partial charge in [-0.1, -0.05) is 26.2 Å². The van der Waals surface area contributed by atoms with E-state index in [4.69, 9.17) is 19.2 Å². The number of nitrogens with zero attached hydrogens (tertiary/aromatic N) is 1. The van der Waals surface area contributed by atoms with Crippen molar-refractivity contribution in [3.05, 3.63) is 53.1 Å². The molecule has 1 aliphatic rings. The Balaban J connectivity index is 1.75. The van der Waals surface area contributed by atoms with Crippen molar-refractivity contribution in [1.29, 1.82) is 0 Å². The van der Waals surface area contributed by atoms with E-state index in [9.17, 15) is 0 Å². The highest BCUT2D eigenvalue weighted by Gasteiger charge is 2.19. The topological polar surface area (TPSA) is 40.0 Å². The van der Waals surface area contributed by atoms with Crippen molar-refractivity contribution in [1.82, 2.24) is 0 Å². The second kappa shape index (κ2) is 9.45. The molecule has 0 unspecified atom stereocenters. The molecule has 0 radical (unpaired) electrons. The minimum absolute atomic E-state index is 0.734. The third-order valence-corrected chi connectivity index (χ3v) is 4.91. The first-order chi connectivity index (χ1) is 13.3. The largest absolute Gasteiger partial charge is 0.494 e. The summed E-state index contributed by atoms with van der Waals surface area (Å²) in [5.74, 6) is 2.42. The van der Waals surface area contributed by atoms with Gasteiger partial charge in [0.05, 0.1) is 26.5 Å². The molecule has 144 valence electrons. The van der Waals surface area contributed by atoms with Crippen LogP contribution in [-0.4, -0.2) is 33.1 Å². The van der Waals surface area contributed by atoms with Crippen molar-refractivity contribution in [3.63, 3.8) is 0 Å². The molecule has 0 atom stereocenters. The molecule has 3 rings (SSSR count). The molecule has 2 aromatic rings. The van der Waals surface area contributed by atoms with Crippen molar-refractivity contribution in [2.45, 2.75) is 39.0 Å². The quantitative estimate of drug-likeness (QED) is 0.582. The lowest BCUT2D eigenvalue weighted by Gasteiger charge is -2.20. The van der Waals surface area contributed by atoms with Crippen LogP contribution >= 0.6 is 0 Å². The Hall–Kier alpha value is -2.49. The number of aliphatic imine (C=N–C) groups is 1. The highest BCUT2D eigenvalue weighted by Crippen LogP contribution is 2.33. The Labute approximate surface area is 162 Å². The van der Waals surface area contributed by atoms with Crippen LogP contribution in [0.3, 0.4) is 0 Å². The van der Waals surface area contributed by atoms with Crippen LogP contribution in [0.15, 0.2) is 41.4 Å². The fourth-order valence-electron chi connectivity index (χ4n) is 3.40. The third kappa shape index (κ3) is 4.62. The van der Waals surface area contributed by atoms with E-state index in [1.807, 2.05) is 18.2 Å². The standard InChI is InChI=1S/C23H29NO3/c1-4-5-6-7-14-27-19-10-8-17(9-11-19)23-20-16-22(26-3)21(25-2)15-18(20)12-13-24-23/h8-11,15-16H,4-7,12-14H2,1-3H3. The van der Waals surface area contributed by atoms with Gasteiger partial charge in [-0.2, -0.15) is 0 Å². The van der Waals surface area contributed by atoms with Gasteiger partial charge in [-0.15, -0.1) is 0 Å². The Morgan fingerprint density at radius 3 is 2.37 bits per heavy atom. The Morgan fingerprint density at radius 2 is 1.67 bits per heavy atom. The number of methoxy groups -OCH3 is 2. The molecule has 0 fully saturated rings. The summed E-state index contributed by atoms with van der Waals surface area (Å²) in [6.07, 6.45) is 5.77. The highest BCUT2D eigenvalue weighted by molar-refractivity contribution is 6.14. The smallest absolute Gasteiger partial charge is 0.161 e. The summed E-state index contributed by atoms with van der Waals surface area (Å²) >= 11 is 0. The molecular weight excluding hydrogens is 338 g/mol. The van der Waals surface area contributed by atoms with Crippen molar-refractivity contribution in [3.8, 4) is 17.2 Å². The Bertz CT molecular complexity index is 781. The number of hydrogen-bond donors (Lipinski definition) is 0. The van der Waals surface area contributed by atoms with E-state index in [-0.39, 0.29) is 0 Å². The minimum Gasteiger partial charge on any atom is -0.494 e. The van der Waals surface area contributed by atoms with Crippen molar-refractivity contribution in [2.24, 2.45) is 4.99 Å². The van der Waals surface area contributed by atoms with Crippen LogP contribution in [0.4, 0.5) is 0 Å². The number of benzene rings is 2. The van der Waals surface area contributed by atoms with Gasteiger partial charge in [0, 0.05) is 17.7 Å². The summed E-state index contributed by atoms with van der Waals surface area (Å²) in [5, 5.41) is 0. The summed E-state index contributed by atoms with van der Waals surface area (Å²) < 4.78 is 16.8. The SMILES string of the molecule is CCCCCCOc1ccc(C2=NCCc3cc(OC)c(OC)cc32)cc1. The number of hydrogen-bond acceptors (Lipinski definition) is 4. The number of unbranched alkanes of at least 4 members (excludes halogenated alkanes) is 3. The molecule has 0 aromatic heterocycles. The highest BCUT2D eigenvalue weighted by atomic mass is 16.5. The van der Waals surface area contributed by atoms with E-state index in [0.717, 1.165) is 60.1 Å². The predicted octanol–water partition coefficient (Wildman–Crippen LogP) is 5.06. The van der Waals surface area contributed by atoms with E-state index >= 15 is 0 Å². The fourth-order valence-corrected chi connectivity index (χ4v) is 3.40. The Morgan fingerprint density at radius 1 is 0.926 bits per heavy atom. The van der Waals surface area contributed by atoms with Crippen LogP contribution in [0.1, 0.15) is 49.3 Å². The molecular formula is C23H29NO3. The zero-order chi connectivity index (χ0) is 19.1. The average molecular weight is 367 g/mol. The monoisotopic (exact) mass is 367 g/mol. The van der Waals surface area contributed by atoms with Crippen LogP contribution in [0.25, 0.3) is 0 Å². The number of rotatable bonds is 9. The molecule has 1 aliphatic heterocycles. The summed E-state index contributed by atoms with van der Waals surface area (Å²) in [5.41, 5.74) is 4.47. The first kappa shape index (κ1) is 19.3. The van der Waals surface area contributed by atoms with Crippen LogP contribution in [-0.2, 0) is 6.42 Å². The van der Waals surface area contributed by atoms with Crippen molar-refractivity contribution in [2.75, 3.05) is 27.4 Å². The number of fused-ring (bicyclic) bond motifs is 1. The van der Waals surface area contributed by atoms with Crippen molar-refractivity contribution < 1.29 is 14.2 Å². The Kier molecular flexibility index (Phi) is 6.74. The lowest BCUT2D eigenvalue weighted by molar-refractivity contribution is 0.305. The molecule has 4 nitrogen and oxygen atoms in total. The molecule has 0 saturated heterocycles. The van der Waals surface area contributed by atoms with E-state index in [0.29, 0.717) is 0 Å². The summed E-state index contributed by atoms with van der Waals surface area (Å²) in [4.78, 5) is 4.78. The first-order valence-corrected chi connectivity index (χ1v) is 9.79. The maximum atomic E-state index is 5.85. The predicted molar refractivity (Wildman–Crippen MR) is 110 cm³/mol. The zero-order valence-electron chi connectivity index (χ0n) is 16.6. The second-order valence-corrected chi connectivity index (χ2v) is 6.78. The van der Waals surface area contributed by atoms with Crippen molar-refractivity contribution >= 4 is 5.71 Å². The molecule has 4 heteroatoms. The van der Waals surface area contributed by atoms with E-state index in [2.05, 4.69) is 25.1 Å². The van der Waals surface area contributed by atoms with Gasteiger partial charge < -0.3 is 14.2 Å². The molecule has 27 heavy (non-hydrogen) atoms. The van der Waals surface area contributed by atoms with Gasteiger partial charge in [-0.25, -0.2) is 0 Å². The van der Waals surface area contributed by atoms with E-state index < -0.39 is 0 Å². The van der Waals surface area contributed by atoms with Gasteiger partial charge in [-0.05, 0) is 54.8 Å². The second-order valence-electron chi connectivity index (χ2n) is 6.78.